The van der Waals surface area contributed by atoms with Crippen LogP contribution in [0, 0.1) is 0 Å². The second-order valence-corrected chi connectivity index (χ2v) is 7.40. The van der Waals surface area contributed by atoms with Gasteiger partial charge < -0.3 is 4.90 Å². The normalized spacial score (nSPS) is 17.7. The van der Waals surface area contributed by atoms with Crippen LogP contribution in [0.1, 0.15) is 17.0 Å². The number of carbonyl (C=O) groups excluding carboxylic acids is 3. The van der Waals surface area contributed by atoms with Crippen LogP contribution in [-0.2, 0) is 9.59 Å². The van der Waals surface area contributed by atoms with E-state index in [1.165, 1.54) is 4.90 Å². The second-order valence-electron chi connectivity index (χ2n) is 6.47. The molecule has 2 heterocycles. The molecular weight excluding hydrogens is 348 g/mol. The van der Waals surface area contributed by atoms with Crippen LogP contribution < -0.4 is 0 Å². The number of thioether (sulfide) groups is 1. The fourth-order valence-corrected chi connectivity index (χ4v) is 4.24. The Hall–Kier alpha value is -2.60. The molecule has 2 fully saturated rings. The van der Waals surface area contributed by atoms with Crippen LogP contribution in [-0.4, -0.2) is 51.7 Å². The van der Waals surface area contributed by atoms with Crippen molar-refractivity contribution in [2.24, 2.45) is 0 Å². The number of nitrogens with zero attached hydrogens (tertiary/aromatic N) is 2. The second kappa shape index (κ2) is 6.96. The van der Waals surface area contributed by atoms with Gasteiger partial charge in [-0.2, -0.15) is 0 Å². The molecule has 132 valence electrons. The molecule has 0 saturated carbocycles. The van der Waals surface area contributed by atoms with E-state index in [-0.39, 0.29) is 34.8 Å². The average molecular weight is 366 g/mol. The zero-order valence-corrected chi connectivity index (χ0v) is 14.9. The van der Waals surface area contributed by atoms with Crippen molar-refractivity contribution in [3.63, 3.8) is 0 Å². The summed E-state index contributed by atoms with van der Waals surface area (Å²) in [5.41, 5.74) is 1.88. The summed E-state index contributed by atoms with van der Waals surface area (Å²) in [5, 5.41) is -0.199. The fraction of sp³-hybridized carbons (Fsp3) is 0.250. The van der Waals surface area contributed by atoms with Gasteiger partial charge in [-0.05, 0) is 11.1 Å². The third kappa shape index (κ3) is 3.01. The summed E-state index contributed by atoms with van der Waals surface area (Å²) in [4.78, 5) is 39.9. The minimum atomic E-state index is -0.377. The highest BCUT2D eigenvalue weighted by Crippen LogP contribution is 2.31. The van der Waals surface area contributed by atoms with Crippen LogP contribution in [0.3, 0.4) is 0 Å². The number of likely N-dealkylation sites (tertiary alicyclic amines) is 1. The van der Waals surface area contributed by atoms with Crippen LogP contribution >= 0.6 is 11.8 Å². The van der Waals surface area contributed by atoms with Crippen molar-refractivity contribution < 1.29 is 14.4 Å². The molecule has 2 aromatic rings. The Balaban J connectivity index is 1.53. The molecule has 4 rings (SSSR count). The van der Waals surface area contributed by atoms with Gasteiger partial charge in [-0.25, -0.2) is 0 Å². The summed E-state index contributed by atoms with van der Waals surface area (Å²) in [7, 11) is 0. The van der Waals surface area contributed by atoms with E-state index in [9.17, 15) is 14.4 Å². The molecule has 0 atom stereocenters. The predicted octanol–water partition coefficient (Wildman–Crippen LogP) is 2.72. The average Bonchev–Trinajstić information content (AvgIpc) is 2.95. The van der Waals surface area contributed by atoms with Crippen LogP contribution in [0.25, 0.3) is 0 Å². The largest absolute Gasteiger partial charge is 0.338 e. The number of benzene rings is 2. The van der Waals surface area contributed by atoms with Gasteiger partial charge in [0.2, 0.25) is 11.8 Å². The summed E-state index contributed by atoms with van der Waals surface area (Å²) in [5.74, 6) is -0.317. The number of amides is 3. The molecule has 0 aromatic heterocycles. The highest BCUT2D eigenvalue weighted by atomic mass is 32.2. The van der Waals surface area contributed by atoms with Gasteiger partial charge in [0.25, 0.3) is 5.24 Å². The van der Waals surface area contributed by atoms with E-state index in [4.69, 9.17) is 0 Å². The minimum absolute atomic E-state index is 0.00500. The first-order chi connectivity index (χ1) is 12.6. The summed E-state index contributed by atoms with van der Waals surface area (Å²) in [6.07, 6.45) is 0. The van der Waals surface area contributed by atoms with Crippen molar-refractivity contribution in [2.45, 2.75) is 12.0 Å². The molecule has 0 aliphatic carbocycles. The molecule has 2 saturated heterocycles. The monoisotopic (exact) mass is 366 g/mol. The van der Waals surface area contributed by atoms with Gasteiger partial charge >= 0.3 is 0 Å². The van der Waals surface area contributed by atoms with E-state index < -0.39 is 0 Å². The van der Waals surface area contributed by atoms with Crippen LogP contribution in [0.4, 0.5) is 4.79 Å². The maximum absolute atomic E-state index is 13.2. The van der Waals surface area contributed by atoms with Gasteiger partial charge in [0.05, 0.1) is 17.7 Å². The van der Waals surface area contributed by atoms with E-state index in [0.717, 1.165) is 22.9 Å². The van der Waals surface area contributed by atoms with Crippen LogP contribution in [0.2, 0.25) is 0 Å². The van der Waals surface area contributed by atoms with Gasteiger partial charge in [0, 0.05) is 13.1 Å². The molecule has 0 radical (unpaired) electrons. The zero-order chi connectivity index (χ0) is 18.1. The highest BCUT2D eigenvalue weighted by Gasteiger charge is 2.44. The predicted molar refractivity (Wildman–Crippen MR) is 99.8 cm³/mol. The Morgan fingerprint density at radius 3 is 1.92 bits per heavy atom. The van der Waals surface area contributed by atoms with Crippen LogP contribution in [0.5, 0.6) is 0 Å². The van der Waals surface area contributed by atoms with Crippen molar-refractivity contribution in [1.29, 1.82) is 0 Å². The van der Waals surface area contributed by atoms with Gasteiger partial charge in [-0.15, -0.1) is 0 Å². The molecule has 5 nitrogen and oxygen atoms in total. The van der Waals surface area contributed by atoms with Crippen LogP contribution in [0.15, 0.2) is 60.7 Å². The van der Waals surface area contributed by atoms with Gasteiger partial charge in [0.15, 0.2) is 0 Å². The van der Waals surface area contributed by atoms with Gasteiger partial charge in [-0.3, -0.25) is 19.3 Å². The summed E-state index contributed by atoms with van der Waals surface area (Å²) in [6.45, 7) is 0.820. The van der Waals surface area contributed by atoms with Gasteiger partial charge in [0.1, 0.15) is 0 Å². The first kappa shape index (κ1) is 16.8. The molecule has 2 aliphatic rings. The minimum Gasteiger partial charge on any atom is -0.338 e. The van der Waals surface area contributed by atoms with E-state index in [1.54, 1.807) is 4.90 Å². The maximum atomic E-state index is 13.2. The molecular formula is C20H18N2O3S. The SMILES string of the molecule is O=C(C(c1ccccc1)c1ccccc1)N1CC(N2C(=O)CSC2=O)C1. The molecule has 26 heavy (non-hydrogen) atoms. The lowest BCUT2D eigenvalue weighted by Crippen LogP contribution is -2.62. The van der Waals surface area contributed by atoms with Crippen molar-refractivity contribution in [3.8, 4) is 0 Å². The number of imide groups is 1. The van der Waals surface area contributed by atoms with Crippen molar-refractivity contribution in [2.75, 3.05) is 18.8 Å². The summed E-state index contributed by atoms with van der Waals surface area (Å²) in [6, 6.07) is 19.2. The Morgan fingerprint density at radius 1 is 0.923 bits per heavy atom. The summed E-state index contributed by atoms with van der Waals surface area (Å²) < 4.78 is 0. The van der Waals surface area contributed by atoms with E-state index in [0.29, 0.717) is 13.1 Å². The van der Waals surface area contributed by atoms with Gasteiger partial charge in [-0.1, -0.05) is 72.4 Å². The number of hydrogen-bond acceptors (Lipinski definition) is 4. The maximum Gasteiger partial charge on any atom is 0.289 e. The Bertz CT molecular complexity index is 779. The molecule has 2 aromatic carbocycles. The lowest BCUT2D eigenvalue weighted by molar-refractivity contribution is -0.142. The first-order valence-corrected chi connectivity index (χ1v) is 9.51. The van der Waals surface area contributed by atoms with E-state index >= 15 is 0 Å². The topological polar surface area (TPSA) is 57.7 Å². The molecule has 0 bridgehead atoms. The van der Waals surface area contributed by atoms with E-state index in [2.05, 4.69) is 0 Å². The quantitative estimate of drug-likeness (QED) is 0.835. The fourth-order valence-electron chi connectivity index (χ4n) is 3.47. The molecule has 3 amide bonds. The first-order valence-electron chi connectivity index (χ1n) is 8.52. The zero-order valence-electron chi connectivity index (χ0n) is 14.1. The molecule has 0 unspecified atom stereocenters. The summed E-state index contributed by atoms with van der Waals surface area (Å²) >= 11 is 1.03. The lowest BCUT2D eigenvalue weighted by Gasteiger charge is -2.44. The standard InChI is InChI=1S/C20H18N2O3S/c23-17-13-26-20(25)22(17)16-11-21(12-16)19(24)18(14-7-3-1-4-8-14)15-9-5-2-6-10-15/h1-10,16,18H,11-13H2. The lowest BCUT2D eigenvalue weighted by atomic mass is 9.88. The Kier molecular flexibility index (Phi) is 4.51. The van der Waals surface area contributed by atoms with E-state index in [1.807, 2.05) is 60.7 Å². The Morgan fingerprint density at radius 2 is 1.46 bits per heavy atom. The number of hydrogen-bond donors (Lipinski definition) is 0. The third-order valence-electron chi connectivity index (χ3n) is 4.84. The smallest absolute Gasteiger partial charge is 0.289 e. The van der Waals surface area contributed by atoms with Crippen molar-refractivity contribution in [1.82, 2.24) is 9.80 Å². The van der Waals surface area contributed by atoms with Crippen molar-refractivity contribution in [3.05, 3.63) is 71.8 Å². The molecule has 0 spiro atoms. The Labute approximate surface area is 156 Å². The molecule has 2 aliphatic heterocycles. The van der Waals surface area contributed by atoms with Crippen molar-refractivity contribution >= 4 is 28.8 Å². The number of carbonyl (C=O) groups is 3. The number of rotatable bonds is 4. The third-order valence-corrected chi connectivity index (χ3v) is 5.67. The molecule has 0 N–H and O–H groups in total. The molecule has 6 heteroatoms. The highest BCUT2D eigenvalue weighted by molar-refractivity contribution is 8.14.